The van der Waals surface area contributed by atoms with E-state index in [1.54, 1.807) is 0 Å². The van der Waals surface area contributed by atoms with Crippen LogP contribution in [0.15, 0.2) is 0 Å². The first kappa shape index (κ1) is 11.8. The second-order valence-corrected chi connectivity index (χ2v) is 3.40. The molecule has 0 saturated carbocycles. The zero-order chi connectivity index (χ0) is 9.40. The van der Waals surface area contributed by atoms with Gasteiger partial charge in [-0.05, 0) is 12.3 Å². The SMILES string of the molecule is CCCCC(C)COC(=O)CS. The lowest BCUT2D eigenvalue weighted by molar-refractivity contribution is -0.141. The van der Waals surface area contributed by atoms with Gasteiger partial charge in [0.05, 0.1) is 12.4 Å². The average molecular weight is 190 g/mol. The molecule has 0 radical (unpaired) electrons. The van der Waals surface area contributed by atoms with E-state index in [1.807, 2.05) is 0 Å². The Morgan fingerprint density at radius 3 is 2.75 bits per heavy atom. The number of carbonyl (C=O) groups is 1. The minimum Gasteiger partial charge on any atom is -0.465 e. The van der Waals surface area contributed by atoms with Crippen LogP contribution in [-0.4, -0.2) is 18.3 Å². The third kappa shape index (κ3) is 6.53. The molecule has 0 aromatic heterocycles. The fourth-order valence-corrected chi connectivity index (χ4v) is 1.01. The van der Waals surface area contributed by atoms with Gasteiger partial charge in [0, 0.05) is 0 Å². The summed E-state index contributed by atoms with van der Waals surface area (Å²) in [6, 6.07) is 0. The Labute approximate surface area is 80.1 Å². The molecule has 1 unspecified atom stereocenters. The Morgan fingerprint density at radius 1 is 1.58 bits per heavy atom. The van der Waals surface area contributed by atoms with Crippen LogP contribution in [-0.2, 0) is 9.53 Å². The molecule has 0 amide bonds. The molecule has 0 heterocycles. The minimum atomic E-state index is -0.221. The molecule has 72 valence electrons. The number of rotatable bonds is 6. The van der Waals surface area contributed by atoms with Crippen LogP contribution < -0.4 is 0 Å². The van der Waals surface area contributed by atoms with E-state index in [9.17, 15) is 4.79 Å². The van der Waals surface area contributed by atoms with Gasteiger partial charge >= 0.3 is 5.97 Å². The van der Waals surface area contributed by atoms with E-state index in [2.05, 4.69) is 26.5 Å². The van der Waals surface area contributed by atoms with Crippen molar-refractivity contribution in [3.05, 3.63) is 0 Å². The summed E-state index contributed by atoms with van der Waals surface area (Å²) in [5.41, 5.74) is 0. The Kier molecular flexibility index (Phi) is 7.36. The van der Waals surface area contributed by atoms with Gasteiger partial charge in [0.1, 0.15) is 0 Å². The van der Waals surface area contributed by atoms with E-state index in [-0.39, 0.29) is 11.7 Å². The van der Waals surface area contributed by atoms with Crippen molar-refractivity contribution in [2.75, 3.05) is 12.4 Å². The van der Waals surface area contributed by atoms with Crippen LogP contribution in [0.5, 0.6) is 0 Å². The molecular weight excluding hydrogens is 172 g/mol. The van der Waals surface area contributed by atoms with Gasteiger partial charge in [0.25, 0.3) is 0 Å². The molecule has 0 fully saturated rings. The molecule has 0 saturated heterocycles. The number of ether oxygens (including phenoxy) is 1. The molecule has 3 heteroatoms. The van der Waals surface area contributed by atoms with Crippen molar-refractivity contribution < 1.29 is 9.53 Å². The smallest absolute Gasteiger partial charge is 0.315 e. The third-order valence-corrected chi connectivity index (χ3v) is 1.97. The summed E-state index contributed by atoms with van der Waals surface area (Å²) in [5.74, 6) is 0.441. The Bertz CT molecular complexity index is 126. The predicted molar refractivity (Wildman–Crippen MR) is 53.5 cm³/mol. The van der Waals surface area contributed by atoms with Crippen LogP contribution >= 0.6 is 12.6 Å². The number of hydrogen-bond donors (Lipinski definition) is 1. The highest BCUT2D eigenvalue weighted by molar-refractivity contribution is 7.81. The molecule has 1 atom stereocenters. The van der Waals surface area contributed by atoms with Crippen molar-refractivity contribution >= 4 is 18.6 Å². The lowest BCUT2D eigenvalue weighted by Gasteiger charge is -2.10. The average Bonchev–Trinajstić information content (AvgIpc) is 2.10. The quantitative estimate of drug-likeness (QED) is 0.514. The first-order valence-electron chi connectivity index (χ1n) is 4.47. The lowest BCUT2D eigenvalue weighted by Crippen LogP contribution is -2.12. The van der Waals surface area contributed by atoms with E-state index < -0.39 is 0 Å². The molecule has 0 rings (SSSR count). The fourth-order valence-electron chi connectivity index (χ4n) is 0.917. The summed E-state index contributed by atoms with van der Waals surface area (Å²) in [4.78, 5) is 10.7. The molecule has 0 aromatic carbocycles. The van der Waals surface area contributed by atoms with Gasteiger partial charge in [0.2, 0.25) is 0 Å². The van der Waals surface area contributed by atoms with Crippen molar-refractivity contribution in [3.63, 3.8) is 0 Å². The molecule has 2 nitrogen and oxygen atoms in total. The first-order valence-corrected chi connectivity index (χ1v) is 5.10. The molecule has 0 aliphatic rings. The monoisotopic (exact) mass is 190 g/mol. The number of esters is 1. The zero-order valence-electron chi connectivity index (χ0n) is 7.88. The lowest BCUT2D eigenvalue weighted by atomic mass is 10.1. The normalized spacial score (nSPS) is 12.6. The summed E-state index contributed by atoms with van der Waals surface area (Å²) in [7, 11) is 0. The van der Waals surface area contributed by atoms with Crippen molar-refractivity contribution in [2.45, 2.75) is 33.1 Å². The van der Waals surface area contributed by atoms with Crippen LogP contribution in [0.25, 0.3) is 0 Å². The van der Waals surface area contributed by atoms with Crippen LogP contribution in [0.2, 0.25) is 0 Å². The second kappa shape index (κ2) is 7.47. The molecule has 0 aliphatic heterocycles. The van der Waals surface area contributed by atoms with E-state index >= 15 is 0 Å². The van der Waals surface area contributed by atoms with Crippen LogP contribution in [0.3, 0.4) is 0 Å². The topological polar surface area (TPSA) is 26.3 Å². The van der Waals surface area contributed by atoms with Gasteiger partial charge in [-0.15, -0.1) is 0 Å². The maximum atomic E-state index is 10.7. The van der Waals surface area contributed by atoms with Crippen LogP contribution in [0, 0.1) is 5.92 Å². The maximum absolute atomic E-state index is 10.7. The fraction of sp³-hybridized carbons (Fsp3) is 0.889. The second-order valence-electron chi connectivity index (χ2n) is 3.09. The largest absolute Gasteiger partial charge is 0.465 e. The standard InChI is InChI=1S/C9H18O2S/c1-3-4-5-8(2)6-11-9(10)7-12/h8,12H,3-7H2,1-2H3. The summed E-state index contributed by atoms with van der Waals surface area (Å²) in [5, 5.41) is 0. The summed E-state index contributed by atoms with van der Waals surface area (Å²) in [6.45, 7) is 4.80. The number of hydrogen-bond acceptors (Lipinski definition) is 3. The molecule has 0 aliphatic carbocycles. The Hall–Kier alpha value is -0.180. The highest BCUT2D eigenvalue weighted by Gasteiger charge is 2.04. The molecule has 12 heavy (non-hydrogen) atoms. The van der Waals surface area contributed by atoms with Gasteiger partial charge in [-0.3, -0.25) is 4.79 Å². The Morgan fingerprint density at radius 2 is 2.25 bits per heavy atom. The first-order chi connectivity index (χ1) is 5.70. The third-order valence-electron chi connectivity index (χ3n) is 1.71. The predicted octanol–water partition coefficient (Wildman–Crippen LogP) is 2.29. The van der Waals surface area contributed by atoms with Crippen molar-refractivity contribution in [3.8, 4) is 0 Å². The van der Waals surface area contributed by atoms with Gasteiger partial charge in [-0.25, -0.2) is 0 Å². The summed E-state index contributed by atoms with van der Waals surface area (Å²) < 4.78 is 4.93. The highest BCUT2D eigenvalue weighted by Crippen LogP contribution is 2.07. The van der Waals surface area contributed by atoms with Crippen molar-refractivity contribution in [1.82, 2.24) is 0 Å². The van der Waals surface area contributed by atoms with E-state index in [0.717, 1.165) is 6.42 Å². The van der Waals surface area contributed by atoms with Gasteiger partial charge in [0.15, 0.2) is 0 Å². The van der Waals surface area contributed by atoms with Crippen LogP contribution in [0.1, 0.15) is 33.1 Å². The molecular formula is C9H18O2S. The summed E-state index contributed by atoms with van der Waals surface area (Å²) >= 11 is 3.81. The molecule has 0 spiro atoms. The molecule has 0 aromatic rings. The van der Waals surface area contributed by atoms with Gasteiger partial charge in [-0.1, -0.05) is 26.7 Å². The number of unbranched alkanes of at least 4 members (excludes halogenated alkanes) is 1. The summed E-state index contributed by atoms with van der Waals surface area (Å²) in [6.07, 6.45) is 3.54. The van der Waals surface area contributed by atoms with E-state index in [0.29, 0.717) is 12.5 Å². The van der Waals surface area contributed by atoms with Crippen LogP contribution in [0.4, 0.5) is 0 Å². The Balaban J connectivity index is 3.30. The minimum absolute atomic E-state index is 0.181. The molecule has 0 N–H and O–H groups in total. The van der Waals surface area contributed by atoms with Crippen molar-refractivity contribution in [2.24, 2.45) is 5.92 Å². The van der Waals surface area contributed by atoms with E-state index in [4.69, 9.17) is 4.74 Å². The number of carbonyl (C=O) groups excluding carboxylic acids is 1. The van der Waals surface area contributed by atoms with Gasteiger partial charge in [-0.2, -0.15) is 12.6 Å². The highest BCUT2D eigenvalue weighted by atomic mass is 32.1. The zero-order valence-corrected chi connectivity index (χ0v) is 8.77. The maximum Gasteiger partial charge on any atom is 0.315 e. The van der Waals surface area contributed by atoms with Crippen molar-refractivity contribution in [1.29, 1.82) is 0 Å². The molecule has 0 bridgehead atoms. The number of thiol groups is 1. The van der Waals surface area contributed by atoms with E-state index in [1.165, 1.54) is 12.8 Å². The van der Waals surface area contributed by atoms with Gasteiger partial charge < -0.3 is 4.74 Å².